The van der Waals surface area contributed by atoms with E-state index in [9.17, 15) is 13.2 Å². The Balaban J connectivity index is 0.00000364. The molecule has 1 atom stereocenters. The summed E-state index contributed by atoms with van der Waals surface area (Å²) >= 11 is 0. The van der Waals surface area contributed by atoms with Crippen LogP contribution in [0.1, 0.15) is 62.4 Å². The van der Waals surface area contributed by atoms with Crippen molar-refractivity contribution in [1.82, 2.24) is 10.0 Å². The number of halogens is 1. The van der Waals surface area contributed by atoms with Crippen molar-refractivity contribution in [2.45, 2.75) is 69.9 Å². The molecule has 154 valence electrons. The topological polar surface area (TPSA) is 101 Å². The number of hydrogen-bond donors (Lipinski definition) is 3. The molecule has 27 heavy (non-hydrogen) atoms. The zero-order valence-electron chi connectivity index (χ0n) is 16.5. The fourth-order valence-electron chi connectivity index (χ4n) is 3.12. The van der Waals surface area contributed by atoms with Crippen molar-refractivity contribution in [3.63, 3.8) is 0 Å². The van der Waals surface area contributed by atoms with Crippen molar-refractivity contribution in [1.29, 1.82) is 0 Å². The molecule has 8 heteroatoms. The average molecular weight is 418 g/mol. The lowest BCUT2D eigenvalue weighted by Crippen LogP contribution is -2.55. The van der Waals surface area contributed by atoms with Crippen LogP contribution in [0.15, 0.2) is 23.1 Å². The zero-order valence-corrected chi connectivity index (χ0v) is 18.2. The number of carbonyl (C=O) groups excluding carboxylic acids is 1. The smallest absolute Gasteiger partial charge is 0.251 e. The minimum absolute atomic E-state index is 0. The maximum Gasteiger partial charge on any atom is 0.251 e. The summed E-state index contributed by atoms with van der Waals surface area (Å²) in [6.45, 7) is 7.91. The molecule has 1 aliphatic carbocycles. The van der Waals surface area contributed by atoms with E-state index in [1.807, 2.05) is 20.8 Å². The molecule has 1 aliphatic rings. The summed E-state index contributed by atoms with van der Waals surface area (Å²) in [6, 6.07) is 4.77. The number of benzene rings is 1. The summed E-state index contributed by atoms with van der Waals surface area (Å²) in [6.07, 6.45) is 3.81. The molecule has 1 unspecified atom stereocenters. The average Bonchev–Trinajstić information content (AvgIpc) is 3.06. The van der Waals surface area contributed by atoms with Crippen molar-refractivity contribution in [3.05, 3.63) is 29.3 Å². The third-order valence-corrected chi connectivity index (χ3v) is 7.18. The largest absolute Gasteiger partial charge is 0.345 e. The van der Waals surface area contributed by atoms with Gasteiger partial charge in [0, 0.05) is 18.2 Å². The summed E-state index contributed by atoms with van der Waals surface area (Å²) in [5.41, 5.74) is 6.22. The fraction of sp³-hybridized carbons (Fsp3) is 0.632. The van der Waals surface area contributed by atoms with Crippen LogP contribution < -0.4 is 15.8 Å². The lowest BCUT2D eigenvalue weighted by atomic mass is 9.88. The zero-order chi connectivity index (χ0) is 19.5. The van der Waals surface area contributed by atoms with Crippen LogP contribution >= 0.6 is 12.4 Å². The third-order valence-electron chi connectivity index (χ3n) is 5.51. The molecule has 4 N–H and O–H groups in total. The van der Waals surface area contributed by atoms with Gasteiger partial charge in [0.2, 0.25) is 10.0 Å². The first-order chi connectivity index (χ1) is 12.1. The van der Waals surface area contributed by atoms with Crippen LogP contribution in [-0.2, 0) is 10.0 Å². The van der Waals surface area contributed by atoms with Crippen molar-refractivity contribution < 1.29 is 13.2 Å². The van der Waals surface area contributed by atoms with Gasteiger partial charge in [0.25, 0.3) is 5.91 Å². The van der Waals surface area contributed by atoms with E-state index in [0.717, 1.165) is 25.7 Å². The molecular weight excluding hydrogens is 386 g/mol. The summed E-state index contributed by atoms with van der Waals surface area (Å²) in [7, 11) is -3.65. The Hall–Kier alpha value is -1.15. The van der Waals surface area contributed by atoms with Gasteiger partial charge in [-0.2, -0.15) is 0 Å². The molecule has 1 saturated carbocycles. The Kier molecular flexibility index (Phi) is 8.29. The van der Waals surface area contributed by atoms with E-state index in [-0.39, 0.29) is 35.2 Å². The molecule has 1 fully saturated rings. The lowest BCUT2D eigenvalue weighted by molar-refractivity contribution is 0.0883. The SMILES string of the molecule is Cc1ccc(C(=O)NC(C)(CN)C(C)C)cc1S(=O)(=O)NC1CCCC1.Cl. The van der Waals surface area contributed by atoms with Gasteiger partial charge in [0.1, 0.15) is 0 Å². The first-order valence-electron chi connectivity index (χ1n) is 9.24. The molecule has 1 aromatic rings. The third kappa shape index (κ3) is 5.67. The Bertz CT molecular complexity index is 761. The van der Waals surface area contributed by atoms with Crippen LogP contribution in [0, 0.1) is 12.8 Å². The predicted molar refractivity (Wildman–Crippen MR) is 111 cm³/mol. The first kappa shape index (κ1) is 23.9. The van der Waals surface area contributed by atoms with Crippen LogP contribution in [0.3, 0.4) is 0 Å². The molecule has 0 spiro atoms. The van der Waals surface area contributed by atoms with Gasteiger partial charge in [0.05, 0.1) is 10.4 Å². The van der Waals surface area contributed by atoms with Crippen molar-refractivity contribution >= 4 is 28.3 Å². The standard InChI is InChI=1S/C19H31N3O3S.ClH/c1-13(2)19(4,12-20)21-18(23)15-10-9-14(3)17(11-15)26(24,25)22-16-7-5-6-8-16;/h9-11,13,16,22H,5-8,12,20H2,1-4H3,(H,21,23);1H. The normalized spacial score (nSPS) is 17.4. The van der Waals surface area contributed by atoms with Crippen LogP contribution in [0.5, 0.6) is 0 Å². The highest BCUT2D eigenvalue weighted by atomic mass is 35.5. The number of hydrogen-bond acceptors (Lipinski definition) is 4. The number of rotatable bonds is 7. The number of nitrogens with one attached hydrogen (secondary N) is 2. The number of nitrogens with two attached hydrogens (primary N) is 1. The molecule has 0 aromatic heterocycles. The molecule has 0 saturated heterocycles. The summed E-state index contributed by atoms with van der Waals surface area (Å²) < 4.78 is 28.3. The highest BCUT2D eigenvalue weighted by Crippen LogP contribution is 2.23. The van der Waals surface area contributed by atoms with Gasteiger partial charge in [0.15, 0.2) is 0 Å². The first-order valence-corrected chi connectivity index (χ1v) is 10.7. The number of amides is 1. The number of aryl methyl sites for hydroxylation is 1. The Morgan fingerprint density at radius 2 is 1.89 bits per heavy atom. The molecule has 0 aliphatic heterocycles. The maximum atomic E-state index is 12.8. The minimum Gasteiger partial charge on any atom is -0.345 e. The van der Waals surface area contributed by atoms with Crippen molar-refractivity contribution in [2.24, 2.45) is 11.7 Å². The number of sulfonamides is 1. The molecule has 0 radical (unpaired) electrons. The van der Waals surface area contributed by atoms with E-state index in [2.05, 4.69) is 10.0 Å². The molecule has 6 nitrogen and oxygen atoms in total. The van der Waals surface area contributed by atoms with Crippen LogP contribution in [0.25, 0.3) is 0 Å². The van der Waals surface area contributed by atoms with Crippen LogP contribution in [-0.4, -0.2) is 32.5 Å². The molecular formula is C19H32ClN3O3S. The van der Waals surface area contributed by atoms with Gasteiger partial charge in [-0.15, -0.1) is 12.4 Å². The highest BCUT2D eigenvalue weighted by Gasteiger charge is 2.30. The van der Waals surface area contributed by atoms with Gasteiger partial charge in [-0.3, -0.25) is 4.79 Å². The summed E-state index contributed by atoms with van der Waals surface area (Å²) in [4.78, 5) is 12.8. The second kappa shape index (κ2) is 9.37. The van der Waals surface area contributed by atoms with Gasteiger partial charge in [-0.25, -0.2) is 13.1 Å². The minimum atomic E-state index is -3.65. The Morgan fingerprint density at radius 1 is 1.30 bits per heavy atom. The quantitative estimate of drug-likeness (QED) is 0.634. The second-order valence-electron chi connectivity index (χ2n) is 7.81. The van der Waals surface area contributed by atoms with E-state index in [4.69, 9.17) is 5.73 Å². The maximum absolute atomic E-state index is 12.8. The second-order valence-corrected chi connectivity index (χ2v) is 9.50. The monoisotopic (exact) mass is 417 g/mol. The lowest BCUT2D eigenvalue weighted by Gasteiger charge is -2.33. The van der Waals surface area contributed by atoms with E-state index in [1.54, 1.807) is 19.1 Å². The Morgan fingerprint density at radius 3 is 2.41 bits per heavy atom. The van der Waals surface area contributed by atoms with Gasteiger partial charge < -0.3 is 11.1 Å². The summed E-state index contributed by atoms with van der Waals surface area (Å²) in [5, 5.41) is 2.95. The molecule has 0 heterocycles. The van der Waals surface area contributed by atoms with Crippen molar-refractivity contribution in [2.75, 3.05) is 6.54 Å². The van der Waals surface area contributed by atoms with Gasteiger partial charge in [-0.1, -0.05) is 32.8 Å². The molecule has 1 amide bonds. The number of carbonyl (C=O) groups is 1. The van der Waals surface area contributed by atoms with Crippen LogP contribution in [0.2, 0.25) is 0 Å². The van der Waals surface area contributed by atoms with E-state index < -0.39 is 15.6 Å². The van der Waals surface area contributed by atoms with E-state index in [1.165, 1.54) is 6.07 Å². The van der Waals surface area contributed by atoms with Gasteiger partial charge in [-0.05, 0) is 50.3 Å². The Labute approximate surface area is 169 Å². The van der Waals surface area contributed by atoms with E-state index >= 15 is 0 Å². The van der Waals surface area contributed by atoms with Gasteiger partial charge >= 0.3 is 0 Å². The van der Waals surface area contributed by atoms with Crippen molar-refractivity contribution in [3.8, 4) is 0 Å². The fourth-order valence-corrected chi connectivity index (χ4v) is 4.70. The molecule has 1 aromatic carbocycles. The highest BCUT2D eigenvalue weighted by molar-refractivity contribution is 7.89. The van der Waals surface area contributed by atoms with Crippen LogP contribution in [0.4, 0.5) is 0 Å². The molecule has 0 bridgehead atoms. The predicted octanol–water partition coefficient (Wildman–Crippen LogP) is 2.74. The molecule has 2 rings (SSSR count). The summed E-state index contributed by atoms with van der Waals surface area (Å²) in [5.74, 6) is -0.168. The van der Waals surface area contributed by atoms with E-state index in [0.29, 0.717) is 17.7 Å².